The molecule has 14 heavy (non-hydrogen) atoms. The Kier molecular flexibility index (Phi) is 1.84. The molecule has 0 radical (unpaired) electrons. The lowest BCUT2D eigenvalue weighted by molar-refractivity contribution is 0.0894. The van der Waals surface area contributed by atoms with Gasteiger partial charge in [-0.2, -0.15) is 0 Å². The van der Waals surface area contributed by atoms with E-state index in [0.29, 0.717) is 17.1 Å². The van der Waals surface area contributed by atoms with Crippen molar-refractivity contribution in [3.8, 4) is 5.88 Å². The van der Waals surface area contributed by atoms with Crippen LogP contribution < -0.4 is 4.74 Å². The van der Waals surface area contributed by atoms with Crippen molar-refractivity contribution >= 4 is 5.78 Å². The number of nitrogens with zero attached hydrogens (tertiary/aromatic N) is 2. The van der Waals surface area contributed by atoms with Crippen LogP contribution in [0.4, 0.5) is 0 Å². The number of ether oxygens (including phenoxy) is 1. The van der Waals surface area contributed by atoms with E-state index in [2.05, 4.69) is 16.5 Å². The van der Waals surface area contributed by atoms with Gasteiger partial charge in [-0.25, -0.2) is 9.97 Å². The number of Topliss-reactive ketones (excluding diaryl/α,β-unsaturated/α-hetero) is 1. The van der Waals surface area contributed by atoms with Gasteiger partial charge in [-0.1, -0.05) is 6.58 Å². The van der Waals surface area contributed by atoms with Gasteiger partial charge >= 0.3 is 0 Å². The first-order valence-electron chi connectivity index (χ1n) is 4.34. The smallest absolute Gasteiger partial charge is 0.248 e. The Bertz CT molecular complexity index is 426. The van der Waals surface area contributed by atoms with E-state index in [1.165, 1.54) is 0 Å². The maximum Gasteiger partial charge on any atom is 0.248 e. The first-order valence-corrected chi connectivity index (χ1v) is 4.34. The minimum absolute atomic E-state index is 0.0764. The van der Waals surface area contributed by atoms with Gasteiger partial charge < -0.3 is 4.74 Å². The SMILES string of the molecule is C=C1Oc2ncc(C)nc2C(=O)C1C. The molecule has 0 saturated heterocycles. The molecular formula is C10H10N2O2. The summed E-state index contributed by atoms with van der Waals surface area (Å²) in [5.41, 5.74) is 1.02. The molecule has 0 saturated carbocycles. The maximum absolute atomic E-state index is 11.7. The molecule has 0 bridgehead atoms. The third kappa shape index (κ3) is 1.19. The van der Waals surface area contributed by atoms with Crippen LogP contribution in [0.5, 0.6) is 5.88 Å². The first kappa shape index (κ1) is 8.87. The largest absolute Gasteiger partial charge is 0.441 e. The molecule has 72 valence electrons. The minimum atomic E-state index is -0.335. The molecule has 1 aromatic heterocycles. The number of rotatable bonds is 0. The summed E-state index contributed by atoms with van der Waals surface area (Å²) < 4.78 is 5.28. The molecule has 1 atom stereocenters. The monoisotopic (exact) mass is 190 g/mol. The number of hydrogen-bond donors (Lipinski definition) is 0. The summed E-state index contributed by atoms with van der Waals surface area (Å²) in [6, 6.07) is 0. The van der Waals surface area contributed by atoms with Gasteiger partial charge in [0.05, 0.1) is 17.8 Å². The molecule has 2 heterocycles. The maximum atomic E-state index is 11.7. The van der Waals surface area contributed by atoms with Crippen molar-refractivity contribution in [1.82, 2.24) is 9.97 Å². The summed E-state index contributed by atoms with van der Waals surface area (Å²) in [6.45, 7) is 7.19. The predicted octanol–water partition coefficient (Wildman–Crippen LogP) is 1.51. The number of hydrogen-bond acceptors (Lipinski definition) is 4. The minimum Gasteiger partial charge on any atom is -0.441 e. The van der Waals surface area contributed by atoms with Crippen LogP contribution in [-0.2, 0) is 0 Å². The number of allylic oxidation sites excluding steroid dienone is 1. The highest BCUT2D eigenvalue weighted by Gasteiger charge is 2.31. The van der Waals surface area contributed by atoms with Gasteiger partial charge in [-0.15, -0.1) is 0 Å². The Hall–Kier alpha value is -1.71. The third-order valence-electron chi connectivity index (χ3n) is 2.20. The van der Waals surface area contributed by atoms with Crippen LogP contribution in [0.25, 0.3) is 0 Å². The van der Waals surface area contributed by atoms with Gasteiger partial charge in [0.15, 0.2) is 11.5 Å². The lowest BCUT2D eigenvalue weighted by Crippen LogP contribution is -2.25. The van der Waals surface area contributed by atoms with Crippen molar-refractivity contribution in [2.24, 2.45) is 5.92 Å². The van der Waals surface area contributed by atoms with Crippen LogP contribution in [-0.4, -0.2) is 15.8 Å². The Morgan fingerprint density at radius 3 is 3.00 bits per heavy atom. The summed E-state index contributed by atoms with van der Waals surface area (Å²) in [6.07, 6.45) is 1.56. The van der Waals surface area contributed by atoms with Crippen molar-refractivity contribution < 1.29 is 9.53 Å². The van der Waals surface area contributed by atoms with E-state index >= 15 is 0 Å². The number of carbonyl (C=O) groups excluding carboxylic acids is 1. The number of fused-ring (bicyclic) bond motifs is 1. The van der Waals surface area contributed by atoms with Crippen molar-refractivity contribution in [3.05, 3.63) is 29.9 Å². The average Bonchev–Trinajstić information content (AvgIpc) is 2.16. The quantitative estimate of drug-likeness (QED) is 0.622. The lowest BCUT2D eigenvalue weighted by atomic mass is 10.00. The van der Waals surface area contributed by atoms with E-state index in [9.17, 15) is 4.79 Å². The zero-order valence-corrected chi connectivity index (χ0v) is 8.07. The molecule has 0 aromatic carbocycles. The third-order valence-corrected chi connectivity index (χ3v) is 2.20. The predicted molar refractivity (Wildman–Crippen MR) is 50.0 cm³/mol. The number of aromatic nitrogens is 2. The van der Waals surface area contributed by atoms with Crippen LogP contribution in [0, 0.1) is 12.8 Å². The van der Waals surface area contributed by atoms with E-state index in [1.807, 2.05) is 0 Å². The molecule has 4 nitrogen and oxygen atoms in total. The summed E-state index contributed by atoms with van der Waals surface area (Å²) in [5.74, 6) is 0.287. The Morgan fingerprint density at radius 2 is 2.29 bits per heavy atom. The van der Waals surface area contributed by atoms with Gasteiger partial charge in [0.1, 0.15) is 5.76 Å². The molecule has 1 aromatic rings. The zero-order valence-electron chi connectivity index (χ0n) is 8.07. The van der Waals surface area contributed by atoms with E-state index in [0.717, 1.165) is 0 Å². The molecular weight excluding hydrogens is 180 g/mol. The van der Waals surface area contributed by atoms with Gasteiger partial charge in [0.25, 0.3) is 0 Å². The first-order chi connectivity index (χ1) is 6.59. The molecule has 1 unspecified atom stereocenters. The van der Waals surface area contributed by atoms with Gasteiger partial charge in [-0.05, 0) is 13.8 Å². The van der Waals surface area contributed by atoms with Crippen molar-refractivity contribution in [2.75, 3.05) is 0 Å². The fourth-order valence-electron chi connectivity index (χ4n) is 1.27. The van der Waals surface area contributed by atoms with Crippen LogP contribution in [0.3, 0.4) is 0 Å². The van der Waals surface area contributed by atoms with Crippen molar-refractivity contribution in [1.29, 1.82) is 0 Å². The number of carbonyl (C=O) groups is 1. The molecule has 0 fully saturated rings. The van der Waals surface area contributed by atoms with Gasteiger partial charge in [0.2, 0.25) is 5.88 Å². The van der Waals surface area contributed by atoms with Crippen LogP contribution >= 0.6 is 0 Å². The molecule has 0 aliphatic carbocycles. The highest BCUT2D eigenvalue weighted by atomic mass is 16.5. The Balaban J connectivity index is 2.57. The van der Waals surface area contributed by atoms with E-state index in [-0.39, 0.29) is 17.6 Å². The molecule has 4 heteroatoms. The lowest BCUT2D eigenvalue weighted by Gasteiger charge is -2.21. The normalized spacial score (nSPS) is 20.3. The van der Waals surface area contributed by atoms with Gasteiger partial charge in [0, 0.05) is 0 Å². The highest BCUT2D eigenvalue weighted by Crippen LogP contribution is 2.28. The fourth-order valence-corrected chi connectivity index (χ4v) is 1.27. The van der Waals surface area contributed by atoms with Crippen molar-refractivity contribution in [3.63, 3.8) is 0 Å². The summed E-state index contributed by atoms with van der Waals surface area (Å²) in [5, 5.41) is 0. The van der Waals surface area contributed by atoms with Crippen LogP contribution in [0.2, 0.25) is 0 Å². The van der Waals surface area contributed by atoms with E-state index in [1.54, 1.807) is 20.0 Å². The summed E-state index contributed by atoms with van der Waals surface area (Å²) in [4.78, 5) is 19.8. The van der Waals surface area contributed by atoms with Crippen LogP contribution in [0.1, 0.15) is 23.1 Å². The second kappa shape index (κ2) is 2.90. The second-order valence-electron chi connectivity index (χ2n) is 3.32. The standard InChI is InChI=1S/C10H10N2O2/c1-5-4-11-10-8(12-5)9(13)6(2)7(3)14-10/h4,6H,3H2,1-2H3. The number of ketones is 1. The molecule has 2 rings (SSSR count). The second-order valence-corrected chi connectivity index (χ2v) is 3.32. The molecule has 1 aliphatic rings. The van der Waals surface area contributed by atoms with Crippen LogP contribution in [0.15, 0.2) is 18.5 Å². The fraction of sp³-hybridized carbons (Fsp3) is 0.300. The summed E-state index contributed by atoms with van der Waals surface area (Å²) >= 11 is 0. The summed E-state index contributed by atoms with van der Waals surface area (Å²) in [7, 11) is 0. The topological polar surface area (TPSA) is 52.1 Å². The molecule has 0 N–H and O–H groups in total. The Morgan fingerprint density at radius 1 is 1.57 bits per heavy atom. The highest BCUT2D eigenvalue weighted by molar-refractivity contribution is 6.00. The Labute approximate surface area is 81.6 Å². The molecule has 0 spiro atoms. The van der Waals surface area contributed by atoms with E-state index < -0.39 is 0 Å². The van der Waals surface area contributed by atoms with E-state index in [4.69, 9.17) is 4.74 Å². The number of aryl methyl sites for hydroxylation is 1. The van der Waals surface area contributed by atoms with Gasteiger partial charge in [-0.3, -0.25) is 4.79 Å². The van der Waals surface area contributed by atoms with Crippen molar-refractivity contribution in [2.45, 2.75) is 13.8 Å². The molecule has 0 amide bonds. The average molecular weight is 190 g/mol. The zero-order chi connectivity index (χ0) is 10.3. The molecule has 1 aliphatic heterocycles.